The lowest BCUT2D eigenvalue weighted by atomic mass is 10.0. The fourth-order valence-electron chi connectivity index (χ4n) is 1.55. The predicted octanol–water partition coefficient (Wildman–Crippen LogP) is 2.55. The van der Waals surface area contributed by atoms with Crippen LogP contribution in [0.4, 0.5) is 0 Å². The molecule has 1 aromatic heterocycles. The van der Waals surface area contributed by atoms with E-state index in [0.29, 0.717) is 5.56 Å². The minimum atomic E-state index is -0.947. The highest BCUT2D eigenvalue weighted by Crippen LogP contribution is 2.26. The van der Waals surface area contributed by atoms with Crippen molar-refractivity contribution < 1.29 is 9.90 Å². The van der Waals surface area contributed by atoms with Crippen LogP contribution in [0.2, 0.25) is 0 Å². The van der Waals surface area contributed by atoms with Crippen molar-refractivity contribution in [1.82, 2.24) is 9.78 Å². The lowest BCUT2D eigenvalue weighted by molar-refractivity contribution is 0.0697. The van der Waals surface area contributed by atoms with Crippen LogP contribution in [-0.4, -0.2) is 20.9 Å². The standard InChI is InChI=1S/C11H9BrN2O2/c1-14-10(4-5-13-14)8-3-2-7(12)6-9(8)11(15)16/h2-6H,1H3,(H,15,16). The summed E-state index contributed by atoms with van der Waals surface area (Å²) in [5.74, 6) is -0.947. The predicted molar refractivity (Wildman–Crippen MR) is 63.3 cm³/mol. The molecule has 16 heavy (non-hydrogen) atoms. The third-order valence-electron chi connectivity index (χ3n) is 2.31. The highest BCUT2D eigenvalue weighted by Gasteiger charge is 2.14. The quantitative estimate of drug-likeness (QED) is 0.920. The van der Waals surface area contributed by atoms with Crippen molar-refractivity contribution in [2.24, 2.45) is 7.05 Å². The molecule has 0 aliphatic heterocycles. The fraction of sp³-hybridized carbons (Fsp3) is 0.0909. The Morgan fingerprint density at radius 2 is 2.19 bits per heavy atom. The molecule has 0 radical (unpaired) electrons. The summed E-state index contributed by atoms with van der Waals surface area (Å²) >= 11 is 3.26. The van der Waals surface area contributed by atoms with E-state index in [0.717, 1.165) is 10.2 Å². The van der Waals surface area contributed by atoms with Gasteiger partial charge in [-0.25, -0.2) is 4.79 Å². The maximum Gasteiger partial charge on any atom is 0.336 e. The number of hydrogen-bond acceptors (Lipinski definition) is 2. The molecule has 0 atom stereocenters. The lowest BCUT2D eigenvalue weighted by Gasteiger charge is -2.06. The zero-order valence-electron chi connectivity index (χ0n) is 8.51. The monoisotopic (exact) mass is 280 g/mol. The van der Waals surface area contributed by atoms with Gasteiger partial charge in [0.05, 0.1) is 11.3 Å². The van der Waals surface area contributed by atoms with Gasteiger partial charge in [0, 0.05) is 23.3 Å². The second kappa shape index (κ2) is 4.09. The summed E-state index contributed by atoms with van der Waals surface area (Å²) in [6, 6.07) is 6.96. The second-order valence-corrected chi connectivity index (χ2v) is 4.25. The third kappa shape index (κ3) is 1.86. The maximum absolute atomic E-state index is 11.1. The number of aryl methyl sites for hydroxylation is 1. The summed E-state index contributed by atoms with van der Waals surface area (Å²) in [5, 5.41) is 13.2. The van der Waals surface area contributed by atoms with E-state index in [1.807, 2.05) is 6.07 Å². The van der Waals surface area contributed by atoms with Crippen LogP contribution in [0.3, 0.4) is 0 Å². The van der Waals surface area contributed by atoms with Crippen LogP contribution in [0.5, 0.6) is 0 Å². The molecule has 1 aromatic carbocycles. The number of carboxylic acids is 1. The molecule has 0 aliphatic rings. The smallest absolute Gasteiger partial charge is 0.336 e. The Labute approximate surface area is 101 Å². The Morgan fingerprint density at radius 3 is 2.75 bits per heavy atom. The number of nitrogens with zero attached hydrogens (tertiary/aromatic N) is 2. The number of carboxylic acid groups (broad SMARTS) is 1. The molecule has 1 heterocycles. The number of rotatable bonds is 2. The van der Waals surface area contributed by atoms with Gasteiger partial charge in [0.2, 0.25) is 0 Å². The van der Waals surface area contributed by atoms with Gasteiger partial charge >= 0.3 is 5.97 Å². The van der Waals surface area contributed by atoms with Crippen molar-refractivity contribution in [3.8, 4) is 11.3 Å². The third-order valence-corrected chi connectivity index (χ3v) is 2.80. The molecule has 82 valence electrons. The molecule has 5 heteroatoms. The SMILES string of the molecule is Cn1nccc1-c1ccc(Br)cc1C(=O)O. The molecule has 0 unspecified atom stereocenters. The molecule has 0 saturated carbocycles. The first-order valence-corrected chi connectivity index (χ1v) is 5.40. The van der Waals surface area contributed by atoms with Crippen molar-refractivity contribution >= 4 is 21.9 Å². The minimum absolute atomic E-state index is 0.262. The molecule has 2 rings (SSSR count). The van der Waals surface area contributed by atoms with E-state index in [1.165, 1.54) is 0 Å². The Morgan fingerprint density at radius 1 is 1.44 bits per heavy atom. The second-order valence-electron chi connectivity index (χ2n) is 3.34. The van der Waals surface area contributed by atoms with Gasteiger partial charge in [-0.15, -0.1) is 0 Å². The van der Waals surface area contributed by atoms with Crippen molar-refractivity contribution in [2.45, 2.75) is 0 Å². The van der Waals surface area contributed by atoms with Crippen LogP contribution in [0.15, 0.2) is 34.9 Å². The number of carbonyl (C=O) groups is 1. The lowest BCUT2D eigenvalue weighted by Crippen LogP contribution is -2.02. The first kappa shape index (κ1) is 10.9. The number of aromatic nitrogens is 2. The highest BCUT2D eigenvalue weighted by atomic mass is 79.9. The number of aromatic carboxylic acids is 1. The molecule has 0 saturated heterocycles. The van der Waals surface area contributed by atoms with Crippen molar-refractivity contribution in [2.75, 3.05) is 0 Å². The summed E-state index contributed by atoms with van der Waals surface area (Å²) in [7, 11) is 1.78. The van der Waals surface area contributed by atoms with E-state index >= 15 is 0 Å². The van der Waals surface area contributed by atoms with E-state index in [9.17, 15) is 4.79 Å². The molecular weight excluding hydrogens is 272 g/mol. The molecule has 1 N–H and O–H groups in total. The summed E-state index contributed by atoms with van der Waals surface area (Å²) in [5.41, 5.74) is 1.71. The molecule has 4 nitrogen and oxygen atoms in total. The molecule has 2 aromatic rings. The van der Waals surface area contributed by atoms with Crippen LogP contribution in [0, 0.1) is 0 Å². The normalized spacial score (nSPS) is 10.4. The van der Waals surface area contributed by atoms with Gasteiger partial charge < -0.3 is 5.11 Å². The molecular formula is C11H9BrN2O2. The van der Waals surface area contributed by atoms with E-state index in [2.05, 4.69) is 21.0 Å². The Kier molecular flexibility index (Phi) is 2.78. The van der Waals surface area contributed by atoms with Crippen molar-refractivity contribution in [3.05, 3.63) is 40.5 Å². The maximum atomic E-state index is 11.1. The van der Waals surface area contributed by atoms with Gasteiger partial charge in [0.25, 0.3) is 0 Å². The minimum Gasteiger partial charge on any atom is -0.478 e. The number of halogens is 1. The van der Waals surface area contributed by atoms with Crippen molar-refractivity contribution in [1.29, 1.82) is 0 Å². The van der Waals surface area contributed by atoms with Gasteiger partial charge in [-0.2, -0.15) is 5.10 Å². The zero-order valence-corrected chi connectivity index (χ0v) is 10.1. The average Bonchev–Trinajstić information content (AvgIpc) is 2.64. The van der Waals surface area contributed by atoms with Crippen LogP contribution in [0.1, 0.15) is 10.4 Å². The van der Waals surface area contributed by atoms with E-state index in [-0.39, 0.29) is 5.56 Å². The Bertz CT molecular complexity index is 549. The van der Waals surface area contributed by atoms with Crippen LogP contribution in [-0.2, 0) is 7.05 Å². The van der Waals surface area contributed by atoms with Crippen LogP contribution < -0.4 is 0 Å². The number of benzene rings is 1. The first-order valence-electron chi connectivity index (χ1n) is 4.61. The van der Waals surface area contributed by atoms with Gasteiger partial charge in [-0.3, -0.25) is 4.68 Å². The van der Waals surface area contributed by atoms with Gasteiger partial charge in [0.15, 0.2) is 0 Å². The first-order chi connectivity index (χ1) is 7.59. The topological polar surface area (TPSA) is 55.1 Å². The molecule has 0 spiro atoms. The summed E-state index contributed by atoms with van der Waals surface area (Å²) in [6.07, 6.45) is 1.64. The van der Waals surface area contributed by atoms with Gasteiger partial charge in [-0.1, -0.05) is 22.0 Å². The number of hydrogen-bond donors (Lipinski definition) is 1. The zero-order chi connectivity index (χ0) is 11.7. The fourth-order valence-corrected chi connectivity index (χ4v) is 1.92. The Hall–Kier alpha value is -1.62. The van der Waals surface area contributed by atoms with E-state index in [1.54, 1.807) is 36.1 Å². The molecule has 0 bridgehead atoms. The summed E-state index contributed by atoms with van der Waals surface area (Å²) < 4.78 is 2.39. The average molecular weight is 281 g/mol. The van der Waals surface area contributed by atoms with Crippen LogP contribution in [0.25, 0.3) is 11.3 Å². The summed E-state index contributed by atoms with van der Waals surface area (Å²) in [6.45, 7) is 0. The largest absolute Gasteiger partial charge is 0.478 e. The van der Waals surface area contributed by atoms with E-state index in [4.69, 9.17) is 5.11 Å². The van der Waals surface area contributed by atoms with Gasteiger partial charge in [-0.05, 0) is 18.2 Å². The highest BCUT2D eigenvalue weighted by molar-refractivity contribution is 9.10. The molecule has 0 fully saturated rings. The van der Waals surface area contributed by atoms with Gasteiger partial charge in [0.1, 0.15) is 0 Å². The van der Waals surface area contributed by atoms with E-state index < -0.39 is 5.97 Å². The van der Waals surface area contributed by atoms with Crippen molar-refractivity contribution in [3.63, 3.8) is 0 Å². The Balaban J connectivity index is 2.65. The van der Waals surface area contributed by atoms with Crippen LogP contribution >= 0.6 is 15.9 Å². The molecule has 0 amide bonds. The summed E-state index contributed by atoms with van der Waals surface area (Å²) in [4.78, 5) is 11.1. The molecule has 0 aliphatic carbocycles.